The van der Waals surface area contributed by atoms with Crippen LogP contribution in [0.15, 0.2) is 12.3 Å². The third kappa shape index (κ3) is 3.82. The normalized spacial score (nSPS) is 17.3. The van der Waals surface area contributed by atoms with Gasteiger partial charge in [0.25, 0.3) is 0 Å². The topological polar surface area (TPSA) is 69.6 Å². The number of nitrogens with zero attached hydrogens (tertiary/aromatic N) is 5. The summed E-state index contributed by atoms with van der Waals surface area (Å²) in [6.45, 7) is 1.53. The number of rotatable bonds is 4. The lowest BCUT2D eigenvalue weighted by Gasteiger charge is -2.35. The Hall–Kier alpha value is -1.41. The molecule has 0 N–H and O–H groups in total. The lowest BCUT2D eigenvalue weighted by Crippen LogP contribution is -2.45. The molecule has 0 atom stereocenters. The van der Waals surface area contributed by atoms with Crippen LogP contribution in [0.3, 0.4) is 0 Å². The molecule has 1 aliphatic rings. The minimum Gasteiger partial charge on any atom is -0.363 e. The standard InChI is InChI=1S/C13H23N5O2S/c1-16(2)12-5-8-14-13(15-12)18-9-6-11(7-10-18)17(3)21(4,19)20/h5,8,11H,6-7,9-10H2,1-4H3. The van der Waals surface area contributed by atoms with Crippen LogP contribution in [0.2, 0.25) is 0 Å². The van der Waals surface area contributed by atoms with Gasteiger partial charge in [0, 0.05) is 46.5 Å². The molecule has 0 aromatic carbocycles. The van der Waals surface area contributed by atoms with E-state index >= 15 is 0 Å². The number of aromatic nitrogens is 2. The SMILES string of the molecule is CN(C)c1ccnc(N2CCC(N(C)S(C)(=O)=O)CC2)n1. The maximum atomic E-state index is 11.6. The molecule has 0 bridgehead atoms. The lowest BCUT2D eigenvalue weighted by atomic mass is 10.1. The summed E-state index contributed by atoms with van der Waals surface area (Å²) < 4.78 is 24.6. The Morgan fingerprint density at radius 3 is 2.38 bits per heavy atom. The fourth-order valence-corrected chi connectivity index (χ4v) is 3.19. The zero-order valence-corrected chi connectivity index (χ0v) is 13.8. The summed E-state index contributed by atoms with van der Waals surface area (Å²) in [6, 6.07) is 1.93. The number of anilines is 2. The summed E-state index contributed by atoms with van der Waals surface area (Å²) in [5, 5.41) is 0. The molecule has 2 heterocycles. The Labute approximate surface area is 126 Å². The van der Waals surface area contributed by atoms with Crippen LogP contribution in [0.4, 0.5) is 11.8 Å². The van der Waals surface area contributed by atoms with E-state index in [4.69, 9.17) is 0 Å². The fraction of sp³-hybridized carbons (Fsp3) is 0.692. The zero-order valence-electron chi connectivity index (χ0n) is 13.0. The van der Waals surface area contributed by atoms with Gasteiger partial charge in [0.1, 0.15) is 5.82 Å². The first-order valence-corrected chi connectivity index (χ1v) is 8.82. The zero-order chi connectivity index (χ0) is 15.6. The first-order chi connectivity index (χ1) is 9.79. The van der Waals surface area contributed by atoms with Crippen molar-refractivity contribution in [1.82, 2.24) is 14.3 Å². The molecule has 21 heavy (non-hydrogen) atoms. The quantitative estimate of drug-likeness (QED) is 0.801. The summed E-state index contributed by atoms with van der Waals surface area (Å²) in [5.74, 6) is 1.58. The highest BCUT2D eigenvalue weighted by atomic mass is 32.2. The molecule has 0 amide bonds. The lowest BCUT2D eigenvalue weighted by molar-refractivity contribution is 0.312. The van der Waals surface area contributed by atoms with Crippen molar-refractivity contribution in [2.24, 2.45) is 0 Å². The first-order valence-electron chi connectivity index (χ1n) is 6.97. The van der Waals surface area contributed by atoms with E-state index in [1.807, 2.05) is 25.1 Å². The number of hydrogen-bond acceptors (Lipinski definition) is 6. The highest BCUT2D eigenvalue weighted by Crippen LogP contribution is 2.21. The minimum absolute atomic E-state index is 0.0632. The van der Waals surface area contributed by atoms with Gasteiger partial charge in [0.2, 0.25) is 16.0 Å². The molecule has 7 nitrogen and oxygen atoms in total. The predicted octanol–water partition coefficient (Wildman–Crippen LogP) is 0.403. The highest BCUT2D eigenvalue weighted by molar-refractivity contribution is 7.88. The van der Waals surface area contributed by atoms with Crippen LogP contribution >= 0.6 is 0 Å². The van der Waals surface area contributed by atoms with E-state index in [0.717, 1.165) is 31.7 Å². The molecule has 1 fully saturated rings. The van der Waals surface area contributed by atoms with Gasteiger partial charge < -0.3 is 9.80 Å². The van der Waals surface area contributed by atoms with E-state index in [9.17, 15) is 8.42 Å². The van der Waals surface area contributed by atoms with E-state index in [2.05, 4.69) is 14.9 Å². The molecular formula is C13H23N5O2S. The van der Waals surface area contributed by atoms with E-state index in [-0.39, 0.29) is 6.04 Å². The monoisotopic (exact) mass is 313 g/mol. The Bertz CT molecular complexity index is 582. The van der Waals surface area contributed by atoms with Gasteiger partial charge in [-0.15, -0.1) is 0 Å². The van der Waals surface area contributed by atoms with Crippen molar-refractivity contribution < 1.29 is 8.42 Å². The number of sulfonamides is 1. The van der Waals surface area contributed by atoms with Gasteiger partial charge in [-0.25, -0.2) is 17.7 Å². The predicted molar refractivity (Wildman–Crippen MR) is 84.2 cm³/mol. The van der Waals surface area contributed by atoms with Crippen LogP contribution in [0.5, 0.6) is 0 Å². The largest absolute Gasteiger partial charge is 0.363 e. The molecular weight excluding hydrogens is 290 g/mol. The van der Waals surface area contributed by atoms with Crippen molar-refractivity contribution in [3.05, 3.63) is 12.3 Å². The van der Waals surface area contributed by atoms with Crippen LogP contribution in [-0.4, -0.2) is 69.2 Å². The molecule has 8 heteroatoms. The molecule has 0 spiro atoms. The smallest absolute Gasteiger partial charge is 0.227 e. The average Bonchev–Trinajstić information content (AvgIpc) is 2.46. The van der Waals surface area contributed by atoms with Gasteiger partial charge in [0.05, 0.1) is 6.26 Å². The molecule has 118 valence electrons. The summed E-state index contributed by atoms with van der Waals surface area (Å²) in [7, 11) is 2.41. The second-order valence-electron chi connectivity index (χ2n) is 5.61. The molecule has 1 aromatic heterocycles. The molecule has 1 aromatic rings. The minimum atomic E-state index is -3.13. The van der Waals surface area contributed by atoms with Gasteiger partial charge in [-0.2, -0.15) is 4.98 Å². The van der Waals surface area contributed by atoms with Crippen molar-refractivity contribution >= 4 is 21.8 Å². The Morgan fingerprint density at radius 1 is 1.24 bits per heavy atom. The summed E-state index contributed by atoms with van der Waals surface area (Å²) in [6.07, 6.45) is 4.59. The molecule has 0 unspecified atom stereocenters. The van der Waals surface area contributed by atoms with Gasteiger partial charge in [0.15, 0.2) is 0 Å². The van der Waals surface area contributed by atoms with E-state index in [1.165, 1.54) is 10.6 Å². The van der Waals surface area contributed by atoms with E-state index in [0.29, 0.717) is 5.95 Å². The van der Waals surface area contributed by atoms with Crippen LogP contribution in [0, 0.1) is 0 Å². The maximum Gasteiger partial charge on any atom is 0.227 e. The van der Waals surface area contributed by atoms with Crippen molar-refractivity contribution in [3.8, 4) is 0 Å². The van der Waals surface area contributed by atoms with Crippen LogP contribution in [0.25, 0.3) is 0 Å². The summed E-state index contributed by atoms with van der Waals surface area (Å²) in [4.78, 5) is 12.9. The second-order valence-corrected chi connectivity index (χ2v) is 7.65. The molecule has 0 saturated carbocycles. The summed E-state index contributed by atoms with van der Waals surface area (Å²) >= 11 is 0. The van der Waals surface area contributed by atoms with Gasteiger partial charge in [-0.3, -0.25) is 0 Å². The molecule has 0 radical (unpaired) electrons. The average molecular weight is 313 g/mol. The van der Waals surface area contributed by atoms with Gasteiger partial charge in [-0.05, 0) is 18.9 Å². The van der Waals surface area contributed by atoms with Crippen molar-refractivity contribution in [2.45, 2.75) is 18.9 Å². The maximum absolute atomic E-state index is 11.6. The third-order valence-electron chi connectivity index (χ3n) is 3.87. The van der Waals surface area contributed by atoms with Crippen LogP contribution in [0.1, 0.15) is 12.8 Å². The second kappa shape index (κ2) is 6.15. The van der Waals surface area contributed by atoms with Gasteiger partial charge >= 0.3 is 0 Å². The van der Waals surface area contributed by atoms with Crippen LogP contribution < -0.4 is 9.80 Å². The third-order valence-corrected chi connectivity index (χ3v) is 5.22. The van der Waals surface area contributed by atoms with Crippen molar-refractivity contribution in [2.75, 3.05) is 50.3 Å². The van der Waals surface area contributed by atoms with Crippen LogP contribution in [-0.2, 0) is 10.0 Å². The highest BCUT2D eigenvalue weighted by Gasteiger charge is 2.28. The first kappa shape index (κ1) is 16.0. The van der Waals surface area contributed by atoms with Crippen molar-refractivity contribution in [1.29, 1.82) is 0 Å². The molecule has 1 aliphatic heterocycles. The molecule has 2 rings (SSSR count). The number of piperidine rings is 1. The summed E-state index contributed by atoms with van der Waals surface area (Å²) in [5.41, 5.74) is 0. The number of hydrogen-bond donors (Lipinski definition) is 0. The Balaban J connectivity index is 2.03. The van der Waals surface area contributed by atoms with Gasteiger partial charge in [-0.1, -0.05) is 0 Å². The Kier molecular flexibility index (Phi) is 4.67. The Morgan fingerprint density at radius 2 is 1.86 bits per heavy atom. The molecule has 0 aliphatic carbocycles. The van der Waals surface area contributed by atoms with Crippen molar-refractivity contribution in [3.63, 3.8) is 0 Å². The fourth-order valence-electron chi connectivity index (χ4n) is 2.44. The molecule has 1 saturated heterocycles. The van der Waals surface area contributed by atoms with E-state index < -0.39 is 10.0 Å². The van der Waals surface area contributed by atoms with E-state index in [1.54, 1.807) is 13.2 Å².